The smallest absolute Gasteiger partial charge is 0.244 e. The zero-order valence-corrected chi connectivity index (χ0v) is 15.3. The molecule has 0 saturated carbocycles. The topological polar surface area (TPSA) is 29.1 Å². The van der Waals surface area contributed by atoms with Gasteiger partial charge in [-0.3, -0.25) is 4.79 Å². The minimum Gasteiger partial charge on any atom is -0.346 e. The molecule has 0 aliphatic rings. The number of halogens is 2. The molecule has 0 saturated heterocycles. The predicted molar refractivity (Wildman–Crippen MR) is 104 cm³/mol. The first-order chi connectivity index (χ1) is 12.0. The van der Waals surface area contributed by atoms with Crippen LogP contribution in [0, 0.1) is 5.82 Å². The minimum atomic E-state index is -0.366. The Morgan fingerprint density at radius 1 is 1.08 bits per heavy atom. The molecule has 1 unspecified atom stereocenters. The van der Waals surface area contributed by atoms with Crippen LogP contribution < -0.4 is 5.32 Å². The number of carbonyl (C=O) groups excluding carboxylic acids is 1. The number of nitrogens with one attached hydrogen (secondary N) is 1. The van der Waals surface area contributed by atoms with E-state index in [9.17, 15) is 9.18 Å². The van der Waals surface area contributed by atoms with Crippen LogP contribution in [-0.2, 0) is 4.79 Å². The Bertz CT molecular complexity index is 952. The van der Waals surface area contributed by atoms with Gasteiger partial charge < -0.3 is 5.32 Å². The summed E-state index contributed by atoms with van der Waals surface area (Å²) in [5.74, 6) is -0.630. The zero-order chi connectivity index (χ0) is 17.8. The molecule has 1 amide bonds. The summed E-state index contributed by atoms with van der Waals surface area (Å²) in [4.78, 5) is 12.1. The second kappa shape index (κ2) is 7.62. The molecule has 0 spiro atoms. The van der Waals surface area contributed by atoms with Crippen LogP contribution in [0.2, 0.25) is 0 Å². The lowest BCUT2D eigenvalue weighted by Gasteiger charge is -2.14. The van der Waals surface area contributed by atoms with Gasteiger partial charge in [0.15, 0.2) is 0 Å². The van der Waals surface area contributed by atoms with Gasteiger partial charge in [-0.15, -0.1) is 0 Å². The summed E-state index contributed by atoms with van der Waals surface area (Å²) in [5, 5.41) is 5.20. The summed E-state index contributed by atoms with van der Waals surface area (Å²) in [6.45, 7) is 1.93. The van der Waals surface area contributed by atoms with Gasteiger partial charge in [-0.1, -0.05) is 52.3 Å². The predicted octanol–water partition coefficient (Wildman–Crippen LogP) is 5.63. The van der Waals surface area contributed by atoms with E-state index >= 15 is 0 Å². The largest absolute Gasteiger partial charge is 0.346 e. The van der Waals surface area contributed by atoms with Gasteiger partial charge in [-0.25, -0.2) is 4.39 Å². The van der Waals surface area contributed by atoms with Crippen LogP contribution in [0.4, 0.5) is 4.39 Å². The molecule has 0 aliphatic carbocycles. The second-order valence-electron chi connectivity index (χ2n) is 5.84. The summed E-state index contributed by atoms with van der Waals surface area (Å²) in [6, 6.07) is 18.7. The Labute approximate surface area is 154 Å². The van der Waals surface area contributed by atoms with Crippen LogP contribution in [0.25, 0.3) is 16.8 Å². The van der Waals surface area contributed by atoms with Crippen molar-refractivity contribution in [2.24, 2.45) is 0 Å². The molecule has 126 valence electrons. The molecule has 0 bridgehead atoms. The van der Waals surface area contributed by atoms with Gasteiger partial charge in [-0.2, -0.15) is 0 Å². The van der Waals surface area contributed by atoms with E-state index in [2.05, 4.69) is 33.4 Å². The van der Waals surface area contributed by atoms with Gasteiger partial charge in [0.25, 0.3) is 0 Å². The molecule has 0 aromatic heterocycles. The van der Waals surface area contributed by atoms with E-state index < -0.39 is 0 Å². The van der Waals surface area contributed by atoms with E-state index in [0.29, 0.717) is 5.56 Å². The molecule has 1 N–H and O–H groups in total. The molecule has 4 heteroatoms. The van der Waals surface area contributed by atoms with Crippen LogP contribution in [-0.4, -0.2) is 5.91 Å². The molecule has 3 aromatic carbocycles. The fourth-order valence-electron chi connectivity index (χ4n) is 2.63. The summed E-state index contributed by atoms with van der Waals surface area (Å²) in [5.41, 5.74) is 1.39. The maximum Gasteiger partial charge on any atom is 0.244 e. The fraction of sp³-hybridized carbons (Fsp3) is 0.0952. The fourth-order valence-corrected chi connectivity index (χ4v) is 3.01. The van der Waals surface area contributed by atoms with Crippen LogP contribution in [0.15, 0.2) is 71.2 Å². The van der Waals surface area contributed by atoms with Gasteiger partial charge in [0, 0.05) is 16.1 Å². The van der Waals surface area contributed by atoms with Gasteiger partial charge in [0.05, 0.1) is 6.04 Å². The Kier molecular flexibility index (Phi) is 5.29. The van der Waals surface area contributed by atoms with E-state index in [0.717, 1.165) is 20.8 Å². The molecule has 25 heavy (non-hydrogen) atoms. The van der Waals surface area contributed by atoms with Crippen molar-refractivity contribution >= 4 is 38.7 Å². The number of carbonyl (C=O) groups is 1. The number of benzene rings is 3. The summed E-state index contributed by atoms with van der Waals surface area (Å²) in [7, 11) is 0. The maximum atomic E-state index is 13.7. The highest BCUT2D eigenvalue weighted by Gasteiger charge is 2.08. The van der Waals surface area contributed by atoms with Gasteiger partial charge in [-0.05, 0) is 53.6 Å². The van der Waals surface area contributed by atoms with E-state index in [1.807, 2.05) is 37.3 Å². The van der Waals surface area contributed by atoms with Crippen molar-refractivity contribution < 1.29 is 9.18 Å². The Morgan fingerprint density at radius 3 is 2.64 bits per heavy atom. The average Bonchev–Trinajstić information content (AvgIpc) is 2.62. The number of hydrogen-bond acceptors (Lipinski definition) is 1. The number of amides is 1. The van der Waals surface area contributed by atoms with Crippen molar-refractivity contribution in [1.82, 2.24) is 5.32 Å². The molecular weight excluding hydrogens is 381 g/mol. The Morgan fingerprint density at radius 2 is 1.84 bits per heavy atom. The highest BCUT2D eigenvalue weighted by molar-refractivity contribution is 9.10. The van der Waals surface area contributed by atoms with Gasteiger partial charge in [0.1, 0.15) is 5.82 Å². The monoisotopic (exact) mass is 397 g/mol. The third kappa shape index (κ3) is 4.34. The molecule has 0 radical (unpaired) electrons. The lowest BCUT2D eigenvalue weighted by atomic mass is 10.0. The van der Waals surface area contributed by atoms with Crippen molar-refractivity contribution in [3.63, 3.8) is 0 Å². The quantitative estimate of drug-likeness (QED) is 0.567. The Hall–Kier alpha value is -2.46. The van der Waals surface area contributed by atoms with E-state index in [1.54, 1.807) is 12.1 Å². The number of fused-ring (bicyclic) bond motifs is 1. The molecular formula is C21H17BrFNO. The van der Waals surface area contributed by atoms with E-state index in [1.165, 1.54) is 18.2 Å². The number of rotatable bonds is 4. The highest BCUT2D eigenvalue weighted by atomic mass is 79.9. The molecule has 3 rings (SSSR count). The first-order valence-electron chi connectivity index (χ1n) is 7.95. The molecule has 2 nitrogen and oxygen atoms in total. The number of hydrogen-bond donors (Lipinski definition) is 1. The van der Waals surface area contributed by atoms with Crippen molar-refractivity contribution in [3.05, 3.63) is 88.2 Å². The highest BCUT2D eigenvalue weighted by Crippen LogP contribution is 2.20. The normalized spacial score (nSPS) is 12.4. The molecule has 3 aromatic rings. The van der Waals surface area contributed by atoms with Crippen molar-refractivity contribution in [2.45, 2.75) is 13.0 Å². The maximum absolute atomic E-state index is 13.7. The third-order valence-corrected chi connectivity index (χ3v) is 4.50. The first-order valence-corrected chi connectivity index (χ1v) is 8.74. The Balaban J connectivity index is 1.71. The van der Waals surface area contributed by atoms with E-state index in [-0.39, 0.29) is 17.8 Å². The standard InChI is InChI=1S/C21H17BrFNO/c1-14(16-7-6-15-4-2-3-5-17(15)12-16)24-21(25)11-8-18-13-19(22)9-10-20(18)23/h2-14H,1H3,(H,24,25). The lowest BCUT2D eigenvalue weighted by Crippen LogP contribution is -2.24. The summed E-state index contributed by atoms with van der Waals surface area (Å²) >= 11 is 3.29. The van der Waals surface area contributed by atoms with Crippen LogP contribution >= 0.6 is 15.9 Å². The van der Waals surface area contributed by atoms with Crippen molar-refractivity contribution in [3.8, 4) is 0 Å². The lowest BCUT2D eigenvalue weighted by molar-refractivity contribution is -0.117. The third-order valence-electron chi connectivity index (χ3n) is 4.00. The minimum absolute atomic E-state index is 0.144. The van der Waals surface area contributed by atoms with Gasteiger partial charge in [0.2, 0.25) is 5.91 Å². The first kappa shape index (κ1) is 17.4. The molecule has 0 heterocycles. The van der Waals surface area contributed by atoms with Crippen molar-refractivity contribution in [1.29, 1.82) is 0 Å². The second-order valence-corrected chi connectivity index (χ2v) is 6.75. The molecule has 0 aliphatic heterocycles. The zero-order valence-electron chi connectivity index (χ0n) is 13.7. The molecule has 1 atom stereocenters. The molecule has 0 fully saturated rings. The van der Waals surface area contributed by atoms with Crippen molar-refractivity contribution in [2.75, 3.05) is 0 Å². The summed E-state index contributed by atoms with van der Waals surface area (Å²) < 4.78 is 14.5. The van der Waals surface area contributed by atoms with Gasteiger partial charge >= 0.3 is 0 Å². The SMILES string of the molecule is CC(NC(=O)C=Cc1cc(Br)ccc1F)c1ccc2ccccc2c1. The van der Waals surface area contributed by atoms with Crippen LogP contribution in [0.3, 0.4) is 0 Å². The van der Waals surface area contributed by atoms with Crippen LogP contribution in [0.5, 0.6) is 0 Å². The van der Waals surface area contributed by atoms with Crippen LogP contribution in [0.1, 0.15) is 24.1 Å². The average molecular weight is 398 g/mol. The summed E-state index contributed by atoms with van der Waals surface area (Å²) in [6.07, 6.45) is 2.82. The van der Waals surface area contributed by atoms with E-state index in [4.69, 9.17) is 0 Å².